The van der Waals surface area contributed by atoms with Gasteiger partial charge >= 0.3 is 0 Å². The average molecular weight is 327 g/mol. The quantitative estimate of drug-likeness (QED) is 0.828. The van der Waals surface area contributed by atoms with Gasteiger partial charge in [-0.2, -0.15) is 4.31 Å². The van der Waals surface area contributed by atoms with Crippen molar-refractivity contribution in [3.05, 3.63) is 24.3 Å². The zero-order valence-electron chi connectivity index (χ0n) is 13.8. The molecule has 0 aliphatic rings. The Hall–Kier alpha value is -1.60. The summed E-state index contributed by atoms with van der Waals surface area (Å²) in [6.45, 7) is 3.50. The van der Waals surface area contributed by atoms with Gasteiger partial charge in [0.1, 0.15) is 0 Å². The molecule has 0 saturated carbocycles. The lowest BCUT2D eigenvalue weighted by molar-refractivity contribution is -0.116. The highest BCUT2D eigenvalue weighted by atomic mass is 32.2. The fourth-order valence-electron chi connectivity index (χ4n) is 1.99. The summed E-state index contributed by atoms with van der Waals surface area (Å²) in [6, 6.07) is 7.15. The molecule has 1 atom stereocenters. The standard InChI is InChI=1S/C15H25N3O3S/c1-6-12(2)18(22(5,20)21)11-15(19)16-13-7-9-14(10-8-13)17(3)4/h7-10,12H,6,11H2,1-5H3,(H,16,19). The van der Waals surface area contributed by atoms with E-state index in [1.54, 1.807) is 19.1 Å². The van der Waals surface area contributed by atoms with Crippen LogP contribution in [0.1, 0.15) is 20.3 Å². The minimum atomic E-state index is -3.42. The van der Waals surface area contributed by atoms with Crippen LogP contribution in [-0.4, -0.2) is 51.6 Å². The van der Waals surface area contributed by atoms with Crippen molar-refractivity contribution < 1.29 is 13.2 Å². The van der Waals surface area contributed by atoms with Crippen LogP contribution < -0.4 is 10.2 Å². The predicted molar refractivity (Wildman–Crippen MR) is 90.7 cm³/mol. The number of hydrogen-bond acceptors (Lipinski definition) is 4. The van der Waals surface area contributed by atoms with E-state index in [2.05, 4.69) is 5.32 Å². The summed E-state index contributed by atoms with van der Waals surface area (Å²) >= 11 is 0. The molecule has 0 radical (unpaired) electrons. The number of hydrogen-bond donors (Lipinski definition) is 1. The molecule has 1 aromatic rings. The minimum Gasteiger partial charge on any atom is -0.378 e. The second-order valence-electron chi connectivity index (χ2n) is 5.55. The summed E-state index contributed by atoms with van der Waals surface area (Å²) in [7, 11) is 0.453. The molecule has 22 heavy (non-hydrogen) atoms. The summed E-state index contributed by atoms with van der Waals surface area (Å²) in [4.78, 5) is 14.0. The van der Waals surface area contributed by atoms with Gasteiger partial charge in [-0.15, -0.1) is 0 Å². The molecule has 1 N–H and O–H groups in total. The SMILES string of the molecule is CCC(C)N(CC(=O)Nc1ccc(N(C)C)cc1)S(C)(=O)=O. The van der Waals surface area contributed by atoms with Crippen molar-refractivity contribution in [3.63, 3.8) is 0 Å². The van der Waals surface area contributed by atoms with Crippen LogP contribution in [0.4, 0.5) is 11.4 Å². The first kappa shape index (κ1) is 18.4. The number of amides is 1. The van der Waals surface area contributed by atoms with Gasteiger partial charge in [0, 0.05) is 31.5 Å². The third-order valence-corrected chi connectivity index (χ3v) is 4.82. The first-order valence-electron chi connectivity index (χ1n) is 7.19. The third-order valence-electron chi connectivity index (χ3n) is 3.48. The molecule has 0 aliphatic heterocycles. The number of carbonyl (C=O) groups excluding carboxylic acids is 1. The van der Waals surface area contributed by atoms with Gasteiger partial charge in [0.25, 0.3) is 0 Å². The van der Waals surface area contributed by atoms with Crippen LogP contribution in [0.3, 0.4) is 0 Å². The van der Waals surface area contributed by atoms with E-state index in [4.69, 9.17) is 0 Å². The van der Waals surface area contributed by atoms with Crippen molar-refractivity contribution in [2.45, 2.75) is 26.3 Å². The van der Waals surface area contributed by atoms with Crippen molar-refractivity contribution in [2.24, 2.45) is 0 Å². The van der Waals surface area contributed by atoms with Crippen molar-refractivity contribution in [1.29, 1.82) is 0 Å². The summed E-state index contributed by atoms with van der Waals surface area (Å²) < 4.78 is 24.8. The van der Waals surface area contributed by atoms with Gasteiger partial charge < -0.3 is 10.2 Å². The number of benzene rings is 1. The number of anilines is 2. The second kappa shape index (κ2) is 7.60. The molecular weight excluding hydrogens is 302 g/mol. The summed E-state index contributed by atoms with van der Waals surface area (Å²) in [5, 5.41) is 2.73. The summed E-state index contributed by atoms with van der Waals surface area (Å²) in [5.41, 5.74) is 1.67. The van der Waals surface area contributed by atoms with E-state index in [0.717, 1.165) is 11.9 Å². The molecule has 7 heteroatoms. The van der Waals surface area contributed by atoms with Gasteiger partial charge in [0.15, 0.2) is 0 Å². The Morgan fingerprint density at radius 3 is 2.18 bits per heavy atom. The highest BCUT2D eigenvalue weighted by molar-refractivity contribution is 7.88. The Kier molecular flexibility index (Phi) is 6.37. The topological polar surface area (TPSA) is 69.7 Å². The van der Waals surface area contributed by atoms with Gasteiger partial charge in [-0.25, -0.2) is 8.42 Å². The van der Waals surface area contributed by atoms with E-state index >= 15 is 0 Å². The average Bonchev–Trinajstić information content (AvgIpc) is 2.43. The molecule has 1 amide bonds. The monoisotopic (exact) mass is 327 g/mol. The van der Waals surface area contributed by atoms with Crippen LogP contribution >= 0.6 is 0 Å². The van der Waals surface area contributed by atoms with Gasteiger partial charge in [0.2, 0.25) is 15.9 Å². The first-order valence-corrected chi connectivity index (χ1v) is 9.04. The largest absolute Gasteiger partial charge is 0.378 e. The molecule has 1 rings (SSSR count). The van der Waals surface area contributed by atoms with Crippen molar-refractivity contribution in [3.8, 4) is 0 Å². The molecule has 0 aromatic heterocycles. The molecular formula is C15H25N3O3S. The zero-order chi connectivity index (χ0) is 16.9. The molecule has 6 nitrogen and oxygen atoms in total. The molecule has 0 saturated heterocycles. The molecule has 0 fully saturated rings. The lowest BCUT2D eigenvalue weighted by atomic mass is 10.2. The van der Waals surface area contributed by atoms with E-state index in [1.807, 2.05) is 38.1 Å². The number of rotatable bonds is 7. The number of sulfonamides is 1. The van der Waals surface area contributed by atoms with Crippen molar-refractivity contribution in [1.82, 2.24) is 4.31 Å². The molecule has 1 unspecified atom stereocenters. The van der Waals surface area contributed by atoms with E-state index in [0.29, 0.717) is 12.1 Å². The van der Waals surface area contributed by atoms with Crippen molar-refractivity contribution >= 4 is 27.3 Å². The van der Waals surface area contributed by atoms with Crippen LogP contribution in [0.15, 0.2) is 24.3 Å². The second-order valence-corrected chi connectivity index (χ2v) is 7.49. The molecule has 0 aliphatic carbocycles. The van der Waals surface area contributed by atoms with Gasteiger partial charge in [0.05, 0.1) is 12.8 Å². The highest BCUT2D eigenvalue weighted by Crippen LogP contribution is 2.16. The lowest BCUT2D eigenvalue weighted by Gasteiger charge is -2.25. The van der Waals surface area contributed by atoms with Gasteiger partial charge in [-0.1, -0.05) is 6.92 Å². The van der Waals surface area contributed by atoms with Crippen molar-refractivity contribution in [2.75, 3.05) is 37.1 Å². The predicted octanol–water partition coefficient (Wildman–Crippen LogP) is 1.75. The number of nitrogens with one attached hydrogen (secondary N) is 1. The summed E-state index contributed by atoms with van der Waals surface area (Å²) in [5.74, 6) is -0.344. The normalized spacial score (nSPS) is 13.0. The maximum absolute atomic E-state index is 12.1. The van der Waals surface area contributed by atoms with E-state index in [-0.39, 0.29) is 18.5 Å². The van der Waals surface area contributed by atoms with E-state index < -0.39 is 10.0 Å². The molecule has 0 bridgehead atoms. The molecule has 1 aromatic carbocycles. The Morgan fingerprint density at radius 1 is 1.23 bits per heavy atom. The smallest absolute Gasteiger partial charge is 0.239 e. The zero-order valence-corrected chi connectivity index (χ0v) is 14.6. The Morgan fingerprint density at radius 2 is 1.77 bits per heavy atom. The molecule has 0 spiro atoms. The number of carbonyl (C=O) groups is 1. The van der Waals surface area contributed by atoms with E-state index in [1.165, 1.54) is 4.31 Å². The maximum atomic E-state index is 12.1. The lowest BCUT2D eigenvalue weighted by Crippen LogP contribution is -2.42. The van der Waals surface area contributed by atoms with Gasteiger partial charge in [-0.05, 0) is 37.6 Å². The Labute approximate surface area is 133 Å². The Bertz CT molecular complexity index is 597. The molecule has 124 valence electrons. The minimum absolute atomic E-state index is 0.177. The number of nitrogens with zero attached hydrogens (tertiary/aromatic N) is 2. The van der Waals surface area contributed by atoms with Crippen LogP contribution in [0, 0.1) is 0 Å². The van der Waals surface area contributed by atoms with Crippen LogP contribution in [0.2, 0.25) is 0 Å². The summed E-state index contributed by atoms with van der Waals surface area (Å²) in [6.07, 6.45) is 1.77. The fourth-order valence-corrected chi connectivity index (χ4v) is 3.14. The molecule has 0 heterocycles. The van der Waals surface area contributed by atoms with Crippen LogP contribution in [-0.2, 0) is 14.8 Å². The van der Waals surface area contributed by atoms with Crippen LogP contribution in [0.25, 0.3) is 0 Å². The van der Waals surface area contributed by atoms with Gasteiger partial charge in [-0.3, -0.25) is 4.79 Å². The fraction of sp³-hybridized carbons (Fsp3) is 0.533. The first-order chi connectivity index (χ1) is 10.1. The van der Waals surface area contributed by atoms with E-state index in [9.17, 15) is 13.2 Å². The maximum Gasteiger partial charge on any atom is 0.239 e. The van der Waals surface area contributed by atoms with Crippen LogP contribution in [0.5, 0.6) is 0 Å². The highest BCUT2D eigenvalue weighted by Gasteiger charge is 2.24. The Balaban J connectivity index is 2.75. The third kappa shape index (κ3) is 5.31.